The van der Waals surface area contributed by atoms with E-state index in [1.165, 1.54) is 24.3 Å². The summed E-state index contributed by atoms with van der Waals surface area (Å²) in [6.45, 7) is 3.23. The number of benzene rings is 3. The highest BCUT2D eigenvalue weighted by Crippen LogP contribution is 2.43. The van der Waals surface area contributed by atoms with Gasteiger partial charge in [0.1, 0.15) is 17.9 Å². The van der Waals surface area contributed by atoms with E-state index in [4.69, 9.17) is 16.3 Å². The molecule has 11 heteroatoms. The molecule has 0 spiro atoms. The second-order valence-electron chi connectivity index (χ2n) is 9.34. The largest absolute Gasteiger partial charge is 0.487 e. The standard InChI is InChI=1S/C28H28ClF3N2O4S/c1-3-27(4-2)17-24(21-12-8-9-13-25(21)38-27)33-26(35)18-34(39(36,37)20-10-6-5-7-11-20)19-14-15-23(29)22(16-19)28(30,31)32/h5-16,24H,3-4,17-18H2,1-2H3,(H,33,35)/t24-/m0/s1. The molecular weight excluding hydrogens is 553 g/mol. The number of halogens is 4. The van der Waals surface area contributed by atoms with E-state index in [9.17, 15) is 26.4 Å². The van der Waals surface area contributed by atoms with Crippen molar-refractivity contribution in [2.45, 2.75) is 55.8 Å². The maximum Gasteiger partial charge on any atom is 0.417 e. The molecule has 1 aliphatic rings. The number of hydrogen-bond donors (Lipinski definition) is 1. The number of carbonyl (C=O) groups excluding carboxylic acids is 1. The lowest BCUT2D eigenvalue weighted by Crippen LogP contribution is -2.47. The van der Waals surface area contributed by atoms with E-state index >= 15 is 0 Å². The van der Waals surface area contributed by atoms with Crippen LogP contribution in [0.5, 0.6) is 5.75 Å². The van der Waals surface area contributed by atoms with Gasteiger partial charge >= 0.3 is 6.18 Å². The molecule has 0 aliphatic carbocycles. The van der Waals surface area contributed by atoms with E-state index in [0.717, 1.165) is 17.7 Å². The molecule has 0 radical (unpaired) electrons. The topological polar surface area (TPSA) is 75.7 Å². The number of nitrogens with one attached hydrogen (secondary N) is 1. The SMILES string of the molecule is CCC1(CC)C[C@H](NC(=O)CN(c2ccc(Cl)c(C(F)(F)F)c2)S(=O)(=O)c2ccccc2)c2ccccc2O1. The minimum atomic E-state index is -4.83. The Bertz CT molecular complexity index is 1440. The molecule has 39 heavy (non-hydrogen) atoms. The summed E-state index contributed by atoms with van der Waals surface area (Å²) in [4.78, 5) is 13.2. The van der Waals surface area contributed by atoms with Crippen LogP contribution in [0.2, 0.25) is 5.02 Å². The predicted octanol–water partition coefficient (Wildman–Crippen LogP) is 6.75. The van der Waals surface area contributed by atoms with Crippen LogP contribution in [0.3, 0.4) is 0 Å². The average Bonchev–Trinajstić information content (AvgIpc) is 2.91. The van der Waals surface area contributed by atoms with E-state index in [0.29, 0.717) is 35.4 Å². The van der Waals surface area contributed by atoms with Crippen LogP contribution in [0.15, 0.2) is 77.7 Å². The molecule has 0 fully saturated rings. The molecule has 1 atom stereocenters. The number of carbonyl (C=O) groups is 1. The summed E-state index contributed by atoms with van der Waals surface area (Å²) >= 11 is 5.77. The normalized spacial score (nSPS) is 16.6. The van der Waals surface area contributed by atoms with E-state index < -0.39 is 50.9 Å². The lowest BCUT2D eigenvalue weighted by Gasteiger charge is -2.41. The molecule has 4 rings (SSSR count). The van der Waals surface area contributed by atoms with Gasteiger partial charge in [0.15, 0.2) is 0 Å². The second kappa shape index (κ2) is 11.1. The van der Waals surface area contributed by atoms with Crippen LogP contribution in [-0.4, -0.2) is 26.5 Å². The van der Waals surface area contributed by atoms with Gasteiger partial charge in [-0.1, -0.05) is 61.8 Å². The van der Waals surface area contributed by atoms with Crippen LogP contribution in [0.25, 0.3) is 0 Å². The maximum absolute atomic E-state index is 13.6. The summed E-state index contributed by atoms with van der Waals surface area (Å²) in [6, 6.07) is 16.7. The third-order valence-electron chi connectivity index (χ3n) is 6.98. The molecule has 0 saturated carbocycles. The molecule has 1 N–H and O–H groups in total. The van der Waals surface area contributed by atoms with Crippen molar-refractivity contribution >= 4 is 33.2 Å². The molecule has 3 aromatic carbocycles. The van der Waals surface area contributed by atoms with Crippen molar-refractivity contribution in [2.24, 2.45) is 0 Å². The number of sulfonamides is 1. The zero-order valence-electron chi connectivity index (χ0n) is 21.3. The molecule has 0 aromatic heterocycles. The highest BCUT2D eigenvalue weighted by molar-refractivity contribution is 7.92. The van der Waals surface area contributed by atoms with E-state index in [-0.39, 0.29) is 10.6 Å². The van der Waals surface area contributed by atoms with Crippen molar-refractivity contribution in [2.75, 3.05) is 10.8 Å². The number of hydrogen-bond acceptors (Lipinski definition) is 4. The summed E-state index contributed by atoms with van der Waals surface area (Å²) in [5.74, 6) is -0.0557. The molecule has 1 heterocycles. The first-order chi connectivity index (χ1) is 18.4. The summed E-state index contributed by atoms with van der Waals surface area (Å²) < 4.78 is 75.0. The monoisotopic (exact) mass is 580 g/mol. The highest BCUT2D eigenvalue weighted by Gasteiger charge is 2.40. The number of para-hydroxylation sites is 1. The highest BCUT2D eigenvalue weighted by atomic mass is 35.5. The fourth-order valence-electron chi connectivity index (χ4n) is 4.72. The van der Waals surface area contributed by atoms with Gasteiger partial charge in [-0.3, -0.25) is 9.10 Å². The zero-order chi connectivity index (χ0) is 28.4. The second-order valence-corrected chi connectivity index (χ2v) is 11.6. The van der Waals surface area contributed by atoms with Crippen LogP contribution in [-0.2, 0) is 21.0 Å². The van der Waals surface area contributed by atoms with Gasteiger partial charge in [-0.05, 0) is 49.2 Å². The third kappa shape index (κ3) is 6.01. The molecule has 1 aliphatic heterocycles. The molecular formula is C28H28ClF3N2O4S. The fraction of sp³-hybridized carbons (Fsp3) is 0.321. The van der Waals surface area contributed by atoms with Gasteiger partial charge in [0.05, 0.1) is 27.2 Å². The number of nitrogens with zero attached hydrogens (tertiary/aromatic N) is 1. The number of amides is 1. The first-order valence-corrected chi connectivity index (χ1v) is 14.2. The lowest BCUT2D eigenvalue weighted by molar-refractivity contribution is -0.137. The lowest BCUT2D eigenvalue weighted by atomic mass is 9.83. The number of fused-ring (bicyclic) bond motifs is 1. The summed E-state index contributed by atoms with van der Waals surface area (Å²) in [5, 5.41) is 2.32. The fourth-order valence-corrected chi connectivity index (χ4v) is 6.38. The van der Waals surface area contributed by atoms with Gasteiger partial charge in [-0.15, -0.1) is 0 Å². The van der Waals surface area contributed by atoms with Crippen molar-refractivity contribution in [1.29, 1.82) is 0 Å². The Labute approximate surface area is 230 Å². The van der Waals surface area contributed by atoms with Crippen LogP contribution in [0, 0.1) is 0 Å². The Hall–Kier alpha value is -3.24. The average molecular weight is 581 g/mol. The third-order valence-corrected chi connectivity index (χ3v) is 9.10. The summed E-state index contributed by atoms with van der Waals surface area (Å²) in [7, 11) is -4.42. The number of ether oxygens (including phenoxy) is 1. The smallest absolute Gasteiger partial charge is 0.417 e. The van der Waals surface area contributed by atoms with Gasteiger partial charge in [0.2, 0.25) is 5.91 Å². The minimum absolute atomic E-state index is 0.172. The predicted molar refractivity (Wildman–Crippen MR) is 143 cm³/mol. The Morgan fingerprint density at radius 3 is 2.33 bits per heavy atom. The maximum atomic E-state index is 13.6. The number of anilines is 1. The van der Waals surface area contributed by atoms with Crippen molar-refractivity contribution < 1.29 is 31.1 Å². The first kappa shape index (κ1) is 28.8. The Morgan fingerprint density at radius 2 is 1.69 bits per heavy atom. The van der Waals surface area contributed by atoms with Crippen LogP contribution < -0.4 is 14.4 Å². The summed E-state index contributed by atoms with van der Waals surface area (Å²) in [6.07, 6.45) is -3.01. The van der Waals surface area contributed by atoms with E-state index in [1.54, 1.807) is 6.07 Å². The van der Waals surface area contributed by atoms with Crippen molar-refractivity contribution in [3.8, 4) is 5.75 Å². The first-order valence-electron chi connectivity index (χ1n) is 12.4. The summed E-state index contributed by atoms with van der Waals surface area (Å²) in [5.41, 5.74) is -1.33. The molecule has 208 valence electrons. The van der Waals surface area contributed by atoms with Crippen LogP contribution in [0.1, 0.15) is 50.3 Å². The quantitative estimate of drug-likeness (QED) is 0.320. The van der Waals surface area contributed by atoms with Gasteiger partial charge < -0.3 is 10.1 Å². The molecule has 1 amide bonds. The van der Waals surface area contributed by atoms with Crippen molar-refractivity contribution in [1.82, 2.24) is 5.32 Å². The van der Waals surface area contributed by atoms with Gasteiger partial charge in [-0.25, -0.2) is 8.42 Å². The van der Waals surface area contributed by atoms with E-state index in [2.05, 4.69) is 5.32 Å². The van der Waals surface area contributed by atoms with Crippen molar-refractivity contribution in [3.63, 3.8) is 0 Å². The molecule has 0 unspecified atom stereocenters. The Kier molecular flexibility index (Phi) is 8.18. The Morgan fingerprint density at radius 1 is 1.05 bits per heavy atom. The van der Waals surface area contributed by atoms with Crippen LogP contribution >= 0.6 is 11.6 Å². The molecule has 3 aromatic rings. The number of alkyl halides is 3. The van der Waals surface area contributed by atoms with Gasteiger partial charge in [-0.2, -0.15) is 13.2 Å². The van der Waals surface area contributed by atoms with Crippen LogP contribution in [0.4, 0.5) is 18.9 Å². The zero-order valence-corrected chi connectivity index (χ0v) is 22.9. The Balaban J connectivity index is 1.71. The van der Waals surface area contributed by atoms with Gasteiger partial charge in [0, 0.05) is 12.0 Å². The van der Waals surface area contributed by atoms with E-state index in [1.807, 2.05) is 38.1 Å². The van der Waals surface area contributed by atoms with Gasteiger partial charge in [0.25, 0.3) is 10.0 Å². The molecule has 0 bridgehead atoms. The van der Waals surface area contributed by atoms with Crippen molar-refractivity contribution in [3.05, 3.63) is 88.9 Å². The molecule has 6 nitrogen and oxygen atoms in total. The molecule has 0 saturated heterocycles. The number of rotatable bonds is 8. The minimum Gasteiger partial charge on any atom is -0.487 e.